The van der Waals surface area contributed by atoms with Crippen molar-refractivity contribution in [3.63, 3.8) is 0 Å². The Morgan fingerprint density at radius 1 is 1.43 bits per heavy atom. The van der Waals surface area contributed by atoms with E-state index in [1.807, 2.05) is 0 Å². The summed E-state index contributed by atoms with van der Waals surface area (Å²) in [7, 11) is 0. The first-order valence-electron chi connectivity index (χ1n) is 4.07. The fourth-order valence-electron chi connectivity index (χ4n) is 1.94. The van der Waals surface area contributed by atoms with E-state index in [-0.39, 0.29) is 0 Å². The van der Waals surface area contributed by atoms with Crippen LogP contribution < -0.4 is 0 Å². The van der Waals surface area contributed by atoms with Crippen molar-refractivity contribution in [2.24, 2.45) is 17.3 Å². The van der Waals surface area contributed by atoms with Crippen LogP contribution in [0.4, 0.5) is 0 Å². The van der Waals surface area contributed by atoms with E-state index in [2.05, 4.69) is 0 Å². The molecular weight excluding hydrogens is 250 g/mol. The Bertz CT molecular complexity index is 259. The summed E-state index contributed by atoms with van der Waals surface area (Å²) in [5.41, 5.74) is -0.519. The smallest absolute Gasteiger partial charge is 0.307 e. The third-order valence-corrected chi connectivity index (χ3v) is 3.52. The van der Waals surface area contributed by atoms with Gasteiger partial charge in [-0.2, -0.15) is 0 Å². The molecule has 6 heteroatoms. The second-order valence-electron chi connectivity index (χ2n) is 4.15. The van der Waals surface area contributed by atoms with Gasteiger partial charge in [-0.05, 0) is 5.41 Å². The minimum Gasteiger partial charge on any atom is -0.481 e. The molecule has 1 fully saturated rings. The Morgan fingerprint density at radius 3 is 2.07 bits per heavy atom. The third kappa shape index (κ3) is 1.96. The van der Waals surface area contributed by atoms with Gasteiger partial charge in [-0.25, -0.2) is 0 Å². The van der Waals surface area contributed by atoms with Gasteiger partial charge in [0.15, 0.2) is 0 Å². The first-order chi connectivity index (χ1) is 6.10. The predicted molar refractivity (Wildman–Crippen MR) is 54.7 cm³/mol. The molecule has 0 amide bonds. The van der Waals surface area contributed by atoms with E-state index < -0.39 is 33.1 Å². The summed E-state index contributed by atoms with van der Waals surface area (Å²) in [5.74, 6) is -2.12. The van der Waals surface area contributed by atoms with Crippen LogP contribution >= 0.6 is 34.8 Å². The molecule has 0 saturated heterocycles. The van der Waals surface area contributed by atoms with Gasteiger partial charge in [0.2, 0.25) is 3.79 Å². The molecule has 1 aliphatic carbocycles. The summed E-state index contributed by atoms with van der Waals surface area (Å²) in [6.07, 6.45) is -1.25. The molecule has 3 atom stereocenters. The van der Waals surface area contributed by atoms with E-state index in [1.165, 1.54) is 0 Å². The number of alkyl halides is 3. The summed E-state index contributed by atoms with van der Waals surface area (Å²) >= 11 is 16.5. The third-order valence-electron chi connectivity index (χ3n) is 2.85. The number of hydrogen-bond donors (Lipinski definition) is 2. The van der Waals surface area contributed by atoms with Crippen LogP contribution in [-0.4, -0.2) is 26.1 Å². The highest BCUT2D eigenvalue weighted by Gasteiger charge is 2.67. The van der Waals surface area contributed by atoms with Crippen molar-refractivity contribution in [1.82, 2.24) is 0 Å². The van der Waals surface area contributed by atoms with Crippen molar-refractivity contribution >= 4 is 40.8 Å². The van der Waals surface area contributed by atoms with E-state index in [4.69, 9.17) is 39.9 Å². The Balaban J connectivity index is 2.79. The molecule has 82 valence electrons. The first kappa shape index (κ1) is 12.4. The number of carboxylic acids is 1. The largest absolute Gasteiger partial charge is 0.481 e. The minimum absolute atomic E-state index is 0.507. The molecule has 0 aromatic heterocycles. The van der Waals surface area contributed by atoms with Crippen molar-refractivity contribution in [3.05, 3.63) is 0 Å². The maximum atomic E-state index is 10.8. The topological polar surface area (TPSA) is 57.5 Å². The lowest BCUT2D eigenvalue weighted by molar-refractivity contribution is -0.139. The SMILES string of the molecule is CC1(C)[C@H](C(O)C(Cl)(Cl)Cl)[C@@H]1C(=O)O. The zero-order valence-electron chi connectivity index (χ0n) is 7.67. The van der Waals surface area contributed by atoms with Crippen molar-refractivity contribution in [1.29, 1.82) is 0 Å². The minimum atomic E-state index is -1.83. The zero-order valence-corrected chi connectivity index (χ0v) is 9.94. The average Bonchev–Trinajstić information content (AvgIpc) is 2.49. The van der Waals surface area contributed by atoms with Gasteiger partial charge in [-0.3, -0.25) is 4.79 Å². The number of aliphatic hydroxyl groups excluding tert-OH is 1. The van der Waals surface area contributed by atoms with Crippen LogP contribution in [0, 0.1) is 17.3 Å². The maximum absolute atomic E-state index is 10.8. The van der Waals surface area contributed by atoms with Crippen LogP contribution in [0.3, 0.4) is 0 Å². The number of halogens is 3. The monoisotopic (exact) mass is 260 g/mol. The van der Waals surface area contributed by atoms with Crippen LogP contribution in [0.25, 0.3) is 0 Å². The molecule has 0 radical (unpaired) electrons. The summed E-state index contributed by atoms with van der Waals surface area (Å²) in [6.45, 7) is 3.46. The lowest BCUT2D eigenvalue weighted by atomic mass is 10.1. The number of rotatable bonds is 2. The number of aliphatic carboxylic acids is 1. The van der Waals surface area contributed by atoms with Crippen LogP contribution in [0.1, 0.15) is 13.8 Å². The average molecular weight is 262 g/mol. The highest BCUT2D eigenvalue weighted by atomic mass is 35.6. The van der Waals surface area contributed by atoms with Gasteiger partial charge in [0.1, 0.15) is 6.10 Å². The lowest BCUT2D eigenvalue weighted by Gasteiger charge is -2.19. The number of carboxylic acid groups (broad SMARTS) is 1. The van der Waals surface area contributed by atoms with Crippen LogP contribution in [0.2, 0.25) is 0 Å². The molecule has 0 aromatic carbocycles. The Labute approximate surface area is 96.9 Å². The highest BCUT2D eigenvalue weighted by Crippen LogP contribution is 2.62. The standard InChI is InChI=1S/C8H11Cl3O3/c1-7(2)3(4(7)6(13)14)5(12)8(9,10)11/h3-5,12H,1-2H3,(H,13,14)/t3-,4+,5?/m0/s1. The van der Waals surface area contributed by atoms with Crippen LogP contribution in [0.5, 0.6) is 0 Å². The van der Waals surface area contributed by atoms with Gasteiger partial charge >= 0.3 is 5.97 Å². The van der Waals surface area contributed by atoms with Gasteiger partial charge in [0, 0.05) is 5.92 Å². The van der Waals surface area contributed by atoms with Crippen molar-refractivity contribution in [2.45, 2.75) is 23.7 Å². The van der Waals surface area contributed by atoms with Gasteiger partial charge < -0.3 is 10.2 Å². The van der Waals surface area contributed by atoms with Crippen molar-refractivity contribution in [3.8, 4) is 0 Å². The fraction of sp³-hybridized carbons (Fsp3) is 0.875. The molecule has 0 aliphatic heterocycles. The molecule has 1 saturated carbocycles. The Hall–Kier alpha value is 0.300. The summed E-state index contributed by atoms with van der Waals surface area (Å²) in [5, 5.41) is 18.5. The highest BCUT2D eigenvalue weighted by molar-refractivity contribution is 6.68. The van der Waals surface area contributed by atoms with E-state index in [1.54, 1.807) is 13.8 Å². The Kier molecular flexibility index (Phi) is 3.01. The molecule has 1 aliphatic rings. The van der Waals surface area contributed by atoms with E-state index >= 15 is 0 Å². The zero-order chi connectivity index (χ0) is 11.3. The van der Waals surface area contributed by atoms with Crippen LogP contribution in [0.15, 0.2) is 0 Å². The van der Waals surface area contributed by atoms with Crippen molar-refractivity contribution in [2.75, 3.05) is 0 Å². The molecule has 0 heterocycles. The second kappa shape index (κ2) is 3.41. The quantitative estimate of drug-likeness (QED) is 0.748. The molecule has 0 spiro atoms. The van der Waals surface area contributed by atoms with E-state index in [9.17, 15) is 9.90 Å². The summed E-state index contributed by atoms with van der Waals surface area (Å²) in [4.78, 5) is 10.8. The molecule has 0 aromatic rings. The van der Waals surface area contributed by atoms with Gasteiger partial charge in [-0.1, -0.05) is 48.7 Å². The maximum Gasteiger partial charge on any atom is 0.307 e. The second-order valence-corrected chi connectivity index (χ2v) is 6.52. The fourth-order valence-corrected chi connectivity index (χ4v) is 2.35. The molecule has 2 N–H and O–H groups in total. The van der Waals surface area contributed by atoms with Gasteiger partial charge in [0.05, 0.1) is 5.92 Å². The molecule has 1 rings (SSSR count). The number of carbonyl (C=O) groups is 1. The van der Waals surface area contributed by atoms with Crippen molar-refractivity contribution < 1.29 is 15.0 Å². The first-order valence-corrected chi connectivity index (χ1v) is 5.21. The Morgan fingerprint density at radius 2 is 1.86 bits per heavy atom. The normalized spacial score (nSPS) is 32.4. The lowest BCUT2D eigenvalue weighted by Crippen LogP contribution is -2.29. The summed E-state index contributed by atoms with van der Waals surface area (Å²) < 4.78 is -1.83. The molecule has 0 bridgehead atoms. The van der Waals surface area contributed by atoms with Gasteiger partial charge in [0.25, 0.3) is 0 Å². The molecule has 14 heavy (non-hydrogen) atoms. The number of aliphatic hydroxyl groups is 1. The van der Waals surface area contributed by atoms with E-state index in [0.717, 1.165) is 0 Å². The molecule has 1 unspecified atom stereocenters. The molecule has 3 nitrogen and oxygen atoms in total. The van der Waals surface area contributed by atoms with Gasteiger partial charge in [-0.15, -0.1) is 0 Å². The van der Waals surface area contributed by atoms with Crippen LogP contribution in [-0.2, 0) is 4.79 Å². The summed E-state index contributed by atoms with van der Waals surface area (Å²) in [6, 6.07) is 0. The molecular formula is C8H11Cl3O3. The van der Waals surface area contributed by atoms with E-state index in [0.29, 0.717) is 0 Å². The predicted octanol–water partition coefficient (Wildman–Crippen LogP) is 2.07. The number of hydrogen-bond acceptors (Lipinski definition) is 2.